The normalized spacial score (nSPS) is 18.9. The lowest BCUT2D eigenvalue weighted by Crippen LogP contribution is -2.47. The molecule has 1 fully saturated rings. The second kappa shape index (κ2) is 8.30. The Bertz CT molecular complexity index is 1070. The number of fused-ring (bicyclic) bond motifs is 3. The molecule has 0 aliphatic carbocycles. The predicted octanol–water partition coefficient (Wildman–Crippen LogP) is 3.36. The fraction of sp³-hybridized carbons (Fsp3) is 0.417. The van der Waals surface area contributed by atoms with Gasteiger partial charge >= 0.3 is 6.03 Å². The second-order valence-electron chi connectivity index (χ2n) is 8.76. The summed E-state index contributed by atoms with van der Waals surface area (Å²) in [4.78, 5) is 28.8. The number of piperidine rings is 1. The second-order valence-corrected chi connectivity index (χ2v) is 9.19. The molecule has 0 radical (unpaired) electrons. The first kappa shape index (κ1) is 21.1. The van der Waals surface area contributed by atoms with Crippen molar-refractivity contribution in [3.63, 3.8) is 0 Å². The van der Waals surface area contributed by atoms with Crippen LogP contribution < -0.4 is 15.4 Å². The topological polar surface area (TPSA) is 73.9 Å². The summed E-state index contributed by atoms with van der Waals surface area (Å²) in [5.41, 5.74) is 3.76. The number of likely N-dealkylation sites (tertiary alicyclic amines) is 1. The van der Waals surface area contributed by atoms with Gasteiger partial charge in [0.05, 0.1) is 5.41 Å². The fourth-order valence-corrected chi connectivity index (χ4v) is 5.27. The van der Waals surface area contributed by atoms with Crippen LogP contribution in [0.2, 0.25) is 5.02 Å². The van der Waals surface area contributed by atoms with Crippen molar-refractivity contribution in [3.05, 3.63) is 58.1 Å². The molecule has 0 atom stereocenters. The Morgan fingerprint density at radius 2 is 1.94 bits per heavy atom. The lowest BCUT2D eigenvalue weighted by atomic mass is 9.73. The van der Waals surface area contributed by atoms with Gasteiger partial charge in [0.25, 0.3) is 0 Å². The van der Waals surface area contributed by atoms with E-state index in [-0.39, 0.29) is 11.9 Å². The van der Waals surface area contributed by atoms with Gasteiger partial charge in [-0.2, -0.15) is 0 Å². The summed E-state index contributed by atoms with van der Waals surface area (Å²) in [7, 11) is 1.65. The number of anilines is 1. The maximum absolute atomic E-state index is 12.8. The Morgan fingerprint density at radius 3 is 2.72 bits per heavy atom. The third-order valence-corrected chi connectivity index (χ3v) is 7.20. The summed E-state index contributed by atoms with van der Waals surface area (Å²) >= 11 is 6.21. The first-order valence-electron chi connectivity index (χ1n) is 11.0. The molecule has 0 bridgehead atoms. The molecule has 0 aromatic heterocycles. The first-order valence-corrected chi connectivity index (χ1v) is 11.4. The number of nitrogens with one attached hydrogen (secondary N) is 2. The van der Waals surface area contributed by atoms with Gasteiger partial charge in [-0.3, -0.25) is 9.69 Å². The number of ether oxygens (including phenoxy) is 1. The molecular formula is C24H27ClN4O3. The average Bonchev–Trinajstić information content (AvgIpc) is 3.34. The van der Waals surface area contributed by atoms with Crippen molar-refractivity contribution >= 4 is 29.2 Å². The molecule has 168 valence electrons. The molecule has 2 N–H and O–H groups in total. The van der Waals surface area contributed by atoms with Gasteiger partial charge in [-0.15, -0.1) is 0 Å². The van der Waals surface area contributed by atoms with Crippen LogP contribution in [0.15, 0.2) is 36.4 Å². The molecule has 2 aromatic rings. The van der Waals surface area contributed by atoms with E-state index in [2.05, 4.69) is 15.5 Å². The highest BCUT2D eigenvalue weighted by Gasteiger charge is 2.48. The number of rotatable bonds is 4. The third kappa shape index (κ3) is 3.69. The van der Waals surface area contributed by atoms with Crippen LogP contribution in [0.1, 0.15) is 29.5 Å². The van der Waals surface area contributed by atoms with E-state index in [0.717, 1.165) is 60.6 Å². The highest BCUT2D eigenvalue weighted by molar-refractivity contribution is 6.31. The van der Waals surface area contributed by atoms with Crippen LogP contribution in [-0.4, -0.2) is 55.0 Å². The quantitative estimate of drug-likeness (QED) is 0.743. The third-order valence-electron chi connectivity index (χ3n) is 6.97. The molecule has 7 nitrogen and oxygen atoms in total. The molecule has 3 heterocycles. The first-order chi connectivity index (χ1) is 15.5. The van der Waals surface area contributed by atoms with Gasteiger partial charge in [-0.1, -0.05) is 17.7 Å². The van der Waals surface area contributed by atoms with Crippen LogP contribution in [0.3, 0.4) is 0 Å². The lowest BCUT2D eigenvalue weighted by Gasteiger charge is -2.38. The molecule has 0 unspecified atom stereocenters. The molecule has 1 saturated heterocycles. The SMILES string of the molecule is CNC(=O)N1Cc2ccc(OCCN3CCC4(CC3)C(=O)Nc3ccc(Cl)cc34)cc2C1. The number of hydrogen-bond acceptors (Lipinski definition) is 4. The van der Waals surface area contributed by atoms with Gasteiger partial charge in [0.2, 0.25) is 5.91 Å². The number of nitrogens with zero attached hydrogens (tertiary/aromatic N) is 2. The summed E-state index contributed by atoms with van der Waals surface area (Å²) in [5.74, 6) is 0.921. The zero-order valence-electron chi connectivity index (χ0n) is 18.1. The Labute approximate surface area is 192 Å². The van der Waals surface area contributed by atoms with E-state index in [9.17, 15) is 9.59 Å². The van der Waals surface area contributed by atoms with Crippen molar-refractivity contribution in [3.8, 4) is 5.75 Å². The minimum atomic E-state index is -0.464. The van der Waals surface area contributed by atoms with E-state index < -0.39 is 5.41 Å². The minimum absolute atomic E-state index is 0.0626. The van der Waals surface area contributed by atoms with Crippen LogP contribution in [-0.2, 0) is 23.3 Å². The van der Waals surface area contributed by atoms with Crippen molar-refractivity contribution in [2.24, 2.45) is 0 Å². The summed E-state index contributed by atoms with van der Waals surface area (Å²) in [6.07, 6.45) is 1.56. The molecule has 2 aromatic carbocycles. The minimum Gasteiger partial charge on any atom is -0.492 e. The van der Waals surface area contributed by atoms with E-state index in [1.54, 1.807) is 11.9 Å². The number of urea groups is 1. The summed E-state index contributed by atoms with van der Waals surface area (Å²) in [5, 5.41) is 6.37. The van der Waals surface area contributed by atoms with Gasteiger partial charge in [-0.25, -0.2) is 4.79 Å². The Balaban J connectivity index is 1.14. The Morgan fingerprint density at radius 1 is 1.16 bits per heavy atom. The molecule has 0 saturated carbocycles. The zero-order chi connectivity index (χ0) is 22.3. The highest BCUT2D eigenvalue weighted by atomic mass is 35.5. The standard InChI is InChI=1S/C24H27ClN4O3/c1-26-23(31)29-14-16-2-4-19(12-17(16)15-29)32-11-10-28-8-6-24(7-9-28)20-13-18(25)3-5-21(20)27-22(24)30/h2-5,12-13H,6-11,14-15H2,1H3,(H,26,31)(H,27,30). The van der Waals surface area contributed by atoms with Crippen molar-refractivity contribution < 1.29 is 14.3 Å². The maximum Gasteiger partial charge on any atom is 0.317 e. The molecular weight excluding hydrogens is 428 g/mol. The van der Waals surface area contributed by atoms with Crippen LogP contribution in [0.4, 0.5) is 10.5 Å². The number of carbonyl (C=O) groups is 2. The summed E-state index contributed by atoms with van der Waals surface area (Å²) in [6, 6.07) is 11.6. The van der Waals surface area contributed by atoms with Crippen molar-refractivity contribution in [1.29, 1.82) is 0 Å². The average molecular weight is 455 g/mol. The number of benzene rings is 2. The van der Waals surface area contributed by atoms with Gasteiger partial charge in [0.1, 0.15) is 12.4 Å². The van der Waals surface area contributed by atoms with Crippen molar-refractivity contribution in [2.75, 3.05) is 38.6 Å². The molecule has 5 rings (SSSR count). The largest absolute Gasteiger partial charge is 0.492 e. The molecule has 3 aliphatic rings. The summed E-state index contributed by atoms with van der Waals surface area (Å²) < 4.78 is 6.01. The van der Waals surface area contributed by atoms with E-state index in [1.165, 1.54) is 0 Å². The van der Waals surface area contributed by atoms with E-state index in [1.807, 2.05) is 36.4 Å². The molecule has 8 heteroatoms. The van der Waals surface area contributed by atoms with Gasteiger partial charge in [0, 0.05) is 37.4 Å². The molecule has 3 aliphatic heterocycles. The summed E-state index contributed by atoms with van der Waals surface area (Å²) in [6.45, 7) is 4.31. The lowest BCUT2D eigenvalue weighted by molar-refractivity contribution is -0.122. The number of amides is 3. The van der Waals surface area contributed by atoms with Crippen molar-refractivity contribution in [1.82, 2.24) is 15.1 Å². The van der Waals surface area contributed by atoms with E-state index in [0.29, 0.717) is 24.7 Å². The fourth-order valence-electron chi connectivity index (χ4n) is 5.10. The molecule has 3 amide bonds. The maximum atomic E-state index is 12.8. The monoisotopic (exact) mass is 454 g/mol. The van der Waals surface area contributed by atoms with Gasteiger partial charge in [-0.05, 0) is 73.0 Å². The Kier molecular flexibility index (Phi) is 5.47. The Hall–Kier alpha value is -2.77. The molecule has 1 spiro atoms. The number of carbonyl (C=O) groups excluding carboxylic acids is 2. The van der Waals surface area contributed by atoms with Crippen LogP contribution in [0.5, 0.6) is 5.75 Å². The number of hydrogen-bond donors (Lipinski definition) is 2. The highest BCUT2D eigenvalue weighted by Crippen LogP contribution is 2.45. The van der Waals surface area contributed by atoms with Gasteiger partial charge in [0.15, 0.2) is 0 Å². The van der Waals surface area contributed by atoms with Crippen LogP contribution >= 0.6 is 11.6 Å². The van der Waals surface area contributed by atoms with Crippen LogP contribution in [0, 0.1) is 0 Å². The smallest absolute Gasteiger partial charge is 0.317 e. The van der Waals surface area contributed by atoms with Gasteiger partial charge < -0.3 is 20.3 Å². The molecule has 32 heavy (non-hydrogen) atoms. The zero-order valence-corrected chi connectivity index (χ0v) is 18.9. The van der Waals surface area contributed by atoms with E-state index >= 15 is 0 Å². The predicted molar refractivity (Wildman–Crippen MR) is 123 cm³/mol. The number of halogens is 1. The van der Waals surface area contributed by atoms with Crippen molar-refractivity contribution in [2.45, 2.75) is 31.3 Å². The van der Waals surface area contributed by atoms with Crippen LogP contribution in [0.25, 0.3) is 0 Å². The van der Waals surface area contributed by atoms with E-state index in [4.69, 9.17) is 16.3 Å².